The lowest BCUT2D eigenvalue weighted by Crippen LogP contribution is -2.35. The van der Waals surface area contributed by atoms with Crippen molar-refractivity contribution >= 4 is 22.5 Å². The second-order valence-corrected chi connectivity index (χ2v) is 9.27. The van der Waals surface area contributed by atoms with Crippen molar-refractivity contribution in [2.24, 2.45) is 5.92 Å². The maximum absolute atomic E-state index is 9.16. The zero-order valence-corrected chi connectivity index (χ0v) is 20.0. The highest BCUT2D eigenvalue weighted by Crippen LogP contribution is 2.34. The number of piperidine rings is 1. The fourth-order valence-corrected chi connectivity index (χ4v) is 4.94. The Bertz CT molecular complexity index is 1350. The van der Waals surface area contributed by atoms with Crippen molar-refractivity contribution in [1.29, 1.82) is 5.26 Å². The predicted octanol–water partition coefficient (Wildman–Crippen LogP) is 6.27. The number of nitriles is 1. The molecule has 0 bridgehead atoms. The molecule has 1 saturated heterocycles. The Morgan fingerprint density at radius 2 is 1.85 bits per heavy atom. The third-order valence-corrected chi connectivity index (χ3v) is 6.96. The molecule has 0 unspecified atom stereocenters. The quantitative estimate of drug-likeness (QED) is 0.333. The molecular weight excluding hydrogens is 444 g/mol. The number of hydrogen-bond acceptors (Lipinski definition) is 4. The largest absolute Gasteiger partial charge is 0.497 e. The molecule has 1 aliphatic rings. The van der Waals surface area contributed by atoms with E-state index in [0.29, 0.717) is 0 Å². The summed E-state index contributed by atoms with van der Waals surface area (Å²) in [5.74, 6) is 1.03. The fourth-order valence-electron chi connectivity index (χ4n) is 4.77. The number of methoxy groups -OCH3 is 1. The minimum Gasteiger partial charge on any atom is -0.497 e. The van der Waals surface area contributed by atoms with Gasteiger partial charge >= 0.3 is 0 Å². The minimum atomic E-state index is 0.210. The maximum atomic E-state index is 9.16. The minimum absolute atomic E-state index is 0.210. The average Bonchev–Trinajstić information content (AvgIpc) is 3.25. The highest BCUT2D eigenvalue weighted by atomic mass is 35.5. The van der Waals surface area contributed by atoms with Gasteiger partial charge in [-0.25, -0.2) is 0 Å². The summed E-state index contributed by atoms with van der Waals surface area (Å²) < 4.78 is 7.71. The Labute approximate surface area is 205 Å². The van der Waals surface area contributed by atoms with Crippen molar-refractivity contribution in [1.82, 2.24) is 14.5 Å². The molecule has 172 valence electrons. The Kier molecular flexibility index (Phi) is 6.53. The molecule has 2 aromatic carbocycles. The van der Waals surface area contributed by atoms with Gasteiger partial charge < -0.3 is 14.2 Å². The summed E-state index contributed by atoms with van der Waals surface area (Å²) in [5.41, 5.74) is 5.45. The van der Waals surface area contributed by atoms with Crippen LogP contribution >= 0.6 is 11.6 Å². The molecule has 6 heteroatoms. The van der Waals surface area contributed by atoms with Crippen molar-refractivity contribution in [2.45, 2.75) is 19.4 Å². The molecule has 0 saturated carbocycles. The van der Waals surface area contributed by atoms with E-state index in [0.717, 1.165) is 82.9 Å². The molecule has 5 nitrogen and oxygen atoms in total. The van der Waals surface area contributed by atoms with Gasteiger partial charge in [-0.2, -0.15) is 5.26 Å². The molecule has 1 fully saturated rings. The molecule has 2 aromatic heterocycles. The Hall–Kier alpha value is -3.33. The molecule has 34 heavy (non-hydrogen) atoms. The molecular formula is C28H27ClN4O. The lowest BCUT2D eigenvalue weighted by molar-refractivity contribution is 0.200. The van der Waals surface area contributed by atoms with Crippen LogP contribution in [0.3, 0.4) is 0 Å². The number of hydrogen-bond donors (Lipinski definition) is 0. The van der Waals surface area contributed by atoms with Gasteiger partial charge in [0.2, 0.25) is 0 Å². The predicted molar refractivity (Wildman–Crippen MR) is 137 cm³/mol. The second-order valence-electron chi connectivity index (χ2n) is 8.84. The number of halogens is 1. The summed E-state index contributed by atoms with van der Waals surface area (Å²) in [6, 6.07) is 18.7. The van der Waals surface area contributed by atoms with Crippen molar-refractivity contribution in [2.75, 3.05) is 26.7 Å². The molecule has 0 spiro atoms. The zero-order valence-electron chi connectivity index (χ0n) is 19.2. The summed E-state index contributed by atoms with van der Waals surface area (Å²) in [6.45, 7) is 3.83. The third-order valence-electron chi connectivity index (χ3n) is 6.72. The summed E-state index contributed by atoms with van der Waals surface area (Å²) in [5, 5.41) is 11.0. The lowest BCUT2D eigenvalue weighted by Gasteiger charge is -2.29. The van der Waals surface area contributed by atoms with E-state index < -0.39 is 0 Å². The highest BCUT2D eigenvalue weighted by Gasteiger charge is 2.19. The van der Waals surface area contributed by atoms with Crippen molar-refractivity contribution in [3.05, 3.63) is 72.1 Å². The molecule has 0 atom stereocenters. The zero-order chi connectivity index (χ0) is 23.5. The van der Waals surface area contributed by atoms with Crippen LogP contribution in [0, 0.1) is 17.2 Å². The van der Waals surface area contributed by atoms with Gasteiger partial charge in [0, 0.05) is 70.2 Å². The summed E-state index contributed by atoms with van der Waals surface area (Å²) in [6.07, 6.45) is 7.94. The average molecular weight is 471 g/mol. The molecule has 5 rings (SSSR count). The van der Waals surface area contributed by atoms with E-state index in [9.17, 15) is 0 Å². The monoisotopic (exact) mass is 470 g/mol. The molecule has 4 aromatic rings. The number of likely N-dealkylation sites (tertiary alicyclic amines) is 1. The molecule has 1 aliphatic heterocycles. The van der Waals surface area contributed by atoms with Crippen LogP contribution in [0.25, 0.3) is 33.2 Å². The normalized spacial score (nSPS) is 14.9. The van der Waals surface area contributed by atoms with Crippen molar-refractivity contribution in [3.63, 3.8) is 0 Å². The Morgan fingerprint density at radius 3 is 2.65 bits per heavy atom. The Balaban J connectivity index is 1.46. The first kappa shape index (κ1) is 22.5. The molecule has 0 amide bonds. The van der Waals surface area contributed by atoms with E-state index in [1.54, 1.807) is 7.11 Å². The van der Waals surface area contributed by atoms with Crippen LogP contribution in [0.1, 0.15) is 12.8 Å². The van der Waals surface area contributed by atoms with E-state index in [2.05, 4.69) is 44.9 Å². The van der Waals surface area contributed by atoms with Gasteiger partial charge in [0.15, 0.2) is 0 Å². The summed E-state index contributed by atoms with van der Waals surface area (Å²) in [4.78, 5) is 7.01. The molecule has 3 heterocycles. The number of fused-ring (bicyclic) bond motifs is 1. The first-order valence-electron chi connectivity index (χ1n) is 11.6. The molecule has 0 N–H and O–H groups in total. The standard InChI is InChI=1S/C28H27ClN4O/c1-34-25-4-2-3-21(14-25)22-13-23(18-31-17-22)27-19-33(28-6-5-24(29)15-26(27)28)12-11-32-9-7-20(16-30)8-10-32/h2-6,13-15,17-20H,7-12H2,1H3. The summed E-state index contributed by atoms with van der Waals surface area (Å²) in [7, 11) is 1.68. The van der Waals surface area contributed by atoms with Gasteiger partial charge in [-0.15, -0.1) is 0 Å². The van der Waals surface area contributed by atoms with Crippen LogP contribution in [0.4, 0.5) is 0 Å². The van der Waals surface area contributed by atoms with Gasteiger partial charge in [0.25, 0.3) is 0 Å². The number of nitrogens with zero attached hydrogens (tertiary/aromatic N) is 4. The van der Waals surface area contributed by atoms with Crippen LogP contribution in [-0.2, 0) is 6.54 Å². The topological polar surface area (TPSA) is 54.1 Å². The third kappa shape index (κ3) is 4.65. The SMILES string of the molecule is COc1cccc(-c2cncc(-c3cn(CCN4CCC(C#N)CC4)c4ccc(Cl)cc34)c2)c1. The van der Waals surface area contributed by atoms with Crippen molar-refractivity contribution < 1.29 is 4.74 Å². The van der Waals surface area contributed by atoms with Crippen LogP contribution in [0.15, 0.2) is 67.1 Å². The molecule has 0 aliphatic carbocycles. The van der Waals surface area contributed by atoms with Crippen LogP contribution in [0.5, 0.6) is 5.75 Å². The van der Waals surface area contributed by atoms with Gasteiger partial charge in [-0.05, 0) is 67.9 Å². The fraction of sp³-hybridized carbons (Fsp3) is 0.286. The van der Waals surface area contributed by atoms with E-state index in [-0.39, 0.29) is 5.92 Å². The maximum Gasteiger partial charge on any atom is 0.119 e. The van der Waals surface area contributed by atoms with Crippen molar-refractivity contribution in [3.8, 4) is 34.1 Å². The van der Waals surface area contributed by atoms with Gasteiger partial charge in [-0.3, -0.25) is 4.98 Å². The first-order valence-corrected chi connectivity index (χ1v) is 12.0. The van der Waals surface area contributed by atoms with E-state index >= 15 is 0 Å². The highest BCUT2D eigenvalue weighted by molar-refractivity contribution is 6.31. The Morgan fingerprint density at radius 1 is 1.03 bits per heavy atom. The van der Waals surface area contributed by atoms with E-state index in [1.807, 2.05) is 42.7 Å². The van der Waals surface area contributed by atoms with E-state index in [4.69, 9.17) is 21.6 Å². The lowest BCUT2D eigenvalue weighted by atomic mass is 9.99. The van der Waals surface area contributed by atoms with Gasteiger partial charge in [-0.1, -0.05) is 23.7 Å². The number of rotatable bonds is 6. The number of pyridine rings is 1. The summed E-state index contributed by atoms with van der Waals surface area (Å²) >= 11 is 6.40. The van der Waals surface area contributed by atoms with Crippen LogP contribution in [-0.4, -0.2) is 41.2 Å². The van der Waals surface area contributed by atoms with E-state index in [1.165, 1.54) is 0 Å². The number of ether oxygens (including phenoxy) is 1. The van der Waals surface area contributed by atoms with Crippen LogP contribution < -0.4 is 4.74 Å². The van der Waals surface area contributed by atoms with Gasteiger partial charge in [0.05, 0.1) is 13.2 Å². The number of aromatic nitrogens is 2. The first-order chi connectivity index (χ1) is 16.6. The van der Waals surface area contributed by atoms with Crippen LogP contribution in [0.2, 0.25) is 5.02 Å². The smallest absolute Gasteiger partial charge is 0.119 e. The molecule has 0 radical (unpaired) electrons. The number of benzene rings is 2. The second kappa shape index (κ2) is 9.89. The van der Waals surface area contributed by atoms with Gasteiger partial charge in [0.1, 0.15) is 5.75 Å².